The van der Waals surface area contributed by atoms with Crippen LogP contribution in [-0.4, -0.2) is 87.3 Å². The molecule has 3 aromatic rings. The zero-order valence-electron chi connectivity index (χ0n) is 24.2. The van der Waals surface area contributed by atoms with E-state index in [0.29, 0.717) is 32.1 Å². The Bertz CT molecular complexity index is 1280. The molecule has 1 saturated carbocycles. The number of morpholine rings is 1. The van der Waals surface area contributed by atoms with E-state index >= 15 is 0 Å². The lowest BCUT2D eigenvalue weighted by Crippen LogP contribution is -2.50. The molecule has 2 heterocycles. The van der Waals surface area contributed by atoms with Crippen LogP contribution in [0.25, 0.3) is 11.4 Å². The summed E-state index contributed by atoms with van der Waals surface area (Å²) in [5.41, 5.74) is 3.87. The van der Waals surface area contributed by atoms with E-state index < -0.39 is 6.04 Å². The second-order valence-corrected chi connectivity index (χ2v) is 11.2. The molecule has 5 rings (SSSR count). The van der Waals surface area contributed by atoms with Crippen LogP contribution in [0.3, 0.4) is 0 Å². The minimum atomic E-state index is -0.758. The second-order valence-electron chi connectivity index (χ2n) is 11.2. The Hall–Kier alpha value is -3.63. The molecule has 2 amide bonds. The highest BCUT2D eigenvalue weighted by Crippen LogP contribution is 2.25. The minimum Gasteiger partial charge on any atom is -0.379 e. The fourth-order valence-corrected chi connectivity index (χ4v) is 5.56. The summed E-state index contributed by atoms with van der Waals surface area (Å²) in [6, 6.07) is 15.1. The number of nitrogens with zero attached hydrogens (tertiary/aromatic N) is 6. The highest BCUT2D eigenvalue weighted by atomic mass is 16.5. The Kier molecular flexibility index (Phi) is 9.74. The summed E-state index contributed by atoms with van der Waals surface area (Å²) in [4.78, 5) is 33.3. The number of aromatic nitrogens is 4. The number of ether oxygens (including phenoxy) is 1. The number of hydrogen-bond acceptors (Lipinski definition) is 7. The maximum atomic E-state index is 14.0. The van der Waals surface area contributed by atoms with Gasteiger partial charge in [-0.1, -0.05) is 78.9 Å². The van der Waals surface area contributed by atoms with Gasteiger partial charge in [0.2, 0.25) is 17.6 Å². The van der Waals surface area contributed by atoms with E-state index in [4.69, 9.17) is 4.74 Å². The topological polar surface area (TPSA) is 105 Å². The zero-order chi connectivity index (χ0) is 28.6. The number of aryl methyl sites for hydroxylation is 2. The van der Waals surface area contributed by atoms with Crippen molar-refractivity contribution >= 4 is 11.8 Å². The highest BCUT2D eigenvalue weighted by molar-refractivity contribution is 5.89. The first-order chi connectivity index (χ1) is 20.0. The lowest BCUT2D eigenvalue weighted by molar-refractivity contribution is -0.142. The van der Waals surface area contributed by atoms with Crippen LogP contribution in [-0.2, 0) is 20.9 Å². The molecule has 0 spiro atoms. The van der Waals surface area contributed by atoms with Crippen molar-refractivity contribution in [3.05, 3.63) is 65.2 Å². The van der Waals surface area contributed by atoms with Gasteiger partial charge in [0.05, 0.1) is 13.2 Å². The van der Waals surface area contributed by atoms with Gasteiger partial charge < -0.3 is 15.0 Å². The summed E-state index contributed by atoms with van der Waals surface area (Å²) in [5, 5.41) is 16.1. The summed E-state index contributed by atoms with van der Waals surface area (Å²) in [6.07, 6.45) is 5.37. The molecule has 1 saturated heterocycles. The van der Waals surface area contributed by atoms with Crippen LogP contribution in [0.5, 0.6) is 0 Å². The van der Waals surface area contributed by atoms with E-state index in [9.17, 15) is 9.59 Å². The molecule has 0 bridgehead atoms. The number of hydrogen-bond donors (Lipinski definition) is 1. The Morgan fingerprint density at radius 3 is 2.32 bits per heavy atom. The molecule has 1 aliphatic carbocycles. The summed E-state index contributed by atoms with van der Waals surface area (Å²) in [7, 11) is 0. The summed E-state index contributed by atoms with van der Waals surface area (Å²) < 4.78 is 5.52. The molecule has 1 aliphatic heterocycles. The third-order valence-electron chi connectivity index (χ3n) is 8.03. The van der Waals surface area contributed by atoms with Crippen LogP contribution >= 0.6 is 0 Å². The second kappa shape index (κ2) is 13.8. The molecule has 2 fully saturated rings. The van der Waals surface area contributed by atoms with Gasteiger partial charge in [-0.2, -0.15) is 4.80 Å². The predicted molar refractivity (Wildman–Crippen MR) is 156 cm³/mol. The SMILES string of the molecule is Cc1ccc(-c2nnn(CC(=O)N(CCN3CCOCC3)C(C(=O)NC3CCCCC3)c3ccc(C)cc3)n2)cc1. The van der Waals surface area contributed by atoms with Crippen molar-refractivity contribution in [3.63, 3.8) is 0 Å². The quantitative estimate of drug-likeness (QED) is 0.406. The molecule has 2 aliphatic rings. The molecular formula is C31H41N7O3. The van der Waals surface area contributed by atoms with Crippen LogP contribution in [0.1, 0.15) is 54.8 Å². The number of rotatable bonds is 10. The fraction of sp³-hybridized carbons (Fsp3) is 0.516. The van der Waals surface area contributed by atoms with Gasteiger partial charge in [0, 0.05) is 37.8 Å². The summed E-state index contributed by atoms with van der Waals surface area (Å²) >= 11 is 0. The monoisotopic (exact) mass is 559 g/mol. The standard InChI is InChI=1S/C31H41N7O3/c1-23-8-12-25(13-9-23)29(31(40)32-27-6-4-3-5-7-27)37(17-16-36-18-20-41-21-19-36)28(39)22-38-34-30(33-35-38)26-14-10-24(2)11-15-26/h8-15,27,29H,3-7,16-22H2,1-2H3,(H,32,40). The number of nitrogens with one attached hydrogen (secondary N) is 1. The first-order valence-corrected chi connectivity index (χ1v) is 14.8. The molecule has 2 aromatic carbocycles. The van der Waals surface area contributed by atoms with E-state index in [1.54, 1.807) is 4.90 Å². The number of carbonyl (C=O) groups is 2. The summed E-state index contributed by atoms with van der Waals surface area (Å²) in [6.45, 7) is 7.91. The van der Waals surface area contributed by atoms with Crippen LogP contribution in [0.4, 0.5) is 0 Å². The maximum absolute atomic E-state index is 14.0. The fourth-order valence-electron chi connectivity index (χ4n) is 5.56. The average Bonchev–Trinajstić information content (AvgIpc) is 3.45. The molecule has 1 N–H and O–H groups in total. The molecule has 0 radical (unpaired) electrons. The first-order valence-electron chi connectivity index (χ1n) is 14.8. The molecule has 218 valence electrons. The Morgan fingerprint density at radius 2 is 1.63 bits per heavy atom. The van der Waals surface area contributed by atoms with Crippen LogP contribution < -0.4 is 5.32 Å². The lowest BCUT2D eigenvalue weighted by Gasteiger charge is -2.35. The van der Waals surface area contributed by atoms with Crippen molar-refractivity contribution in [2.45, 2.75) is 64.6 Å². The normalized spacial score (nSPS) is 17.2. The average molecular weight is 560 g/mol. The molecule has 41 heavy (non-hydrogen) atoms. The Balaban J connectivity index is 1.40. The van der Waals surface area contributed by atoms with Gasteiger partial charge in [-0.25, -0.2) is 0 Å². The molecule has 1 atom stereocenters. The zero-order valence-corrected chi connectivity index (χ0v) is 24.2. The molecule has 10 nitrogen and oxygen atoms in total. The van der Waals surface area contributed by atoms with E-state index in [1.807, 2.05) is 62.4 Å². The van der Waals surface area contributed by atoms with Crippen molar-refractivity contribution in [1.82, 2.24) is 35.3 Å². The van der Waals surface area contributed by atoms with Crippen LogP contribution in [0.15, 0.2) is 48.5 Å². The van der Waals surface area contributed by atoms with E-state index in [-0.39, 0.29) is 24.4 Å². The Labute approximate surface area is 242 Å². The van der Waals surface area contributed by atoms with Gasteiger partial charge in [0.15, 0.2) is 0 Å². The molecule has 1 unspecified atom stereocenters. The van der Waals surface area contributed by atoms with E-state index in [1.165, 1.54) is 11.2 Å². The molecular weight excluding hydrogens is 518 g/mol. The number of amides is 2. The molecule has 10 heteroatoms. The van der Waals surface area contributed by atoms with Crippen molar-refractivity contribution < 1.29 is 14.3 Å². The summed E-state index contributed by atoms with van der Waals surface area (Å²) in [5.74, 6) is 0.0984. The molecule has 1 aromatic heterocycles. The van der Waals surface area contributed by atoms with Gasteiger partial charge in [-0.3, -0.25) is 14.5 Å². The lowest BCUT2D eigenvalue weighted by atomic mass is 9.94. The maximum Gasteiger partial charge on any atom is 0.247 e. The van der Waals surface area contributed by atoms with Gasteiger partial charge in [0.25, 0.3) is 0 Å². The minimum absolute atomic E-state index is 0.110. The number of benzene rings is 2. The smallest absolute Gasteiger partial charge is 0.247 e. The van der Waals surface area contributed by atoms with Crippen molar-refractivity contribution in [1.29, 1.82) is 0 Å². The van der Waals surface area contributed by atoms with Crippen LogP contribution in [0.2, 0.25) is 0 Å². The van der Waals surface area contributed by atoms with E-state index in [0.717, 1.165) is 61.0 Å². The van der Waals surface area contributed by atoms with Gasteiger partial charge in [0.1, 0.15) is 12.6 Å². The number of tetrazole rings is 1. The first kappa shape index (κ1) is 28.9. The third kappa shape index (κ3) is 7.77. The van der Waals surface area contributed by atoms with Gasteiger partial charge in [-0.15, -0.1) is 10.2 Å². The number of carbonyl (C=O) groups excluding carboxylic acids is 2. The predicted octanol–water partition coefficient (Wildman–Crippen LogP) is 3.31. The van der Waals surface area contributed by atoms with Crippen molar-refractivity contribution in [3.8, 4) is 11.4 Å². The largest absolute Gasteiger partial charge is 0.379 e. The third-order valence-corrected chi connectivity index (χ3v) is 8.03. The highest BCUT2D eigenvalue weighted by Gasteiger charge is 2.33. The van der Waals surface area contributed by atoms with E-state index in [2.05, 4.69) is 25.6 Å². The van der Waals surface area contributed by atoms with Gasteiger partial charge in [-0.05, 0) is 37.5 Å². The Morgan fingerprint density at radius 1 is 0.976 bits per heavy atom. The van der Waals surface area contributed by atoms with Gasteiger partial charge >= 0.3 is 0 Å². The van der Waals surface area contributed by atoms with Crippen molar-refractivity contribution in [2.75, 3.05) is 39.4 Å². The van der Waals surface area contributed by atoms with Crippen LogP contribution in [0, 0.1) is 13.8 Å². The van der Waals surface area contributed by atoms with Crippen molar-refractivity contribution in [2.24, 2.45) is 0 Å².